The highest BCUT2D eigenvalue weighted by Gasteiger charge is 1.98. The average molecular weight is 216 g/mol. The molecule has 0 aliphatic carbocycles. The summed E-state index contributed by atoms with van der Waals surface area (Å²) in [7, 11) is 0. The van der Waals surface area contributed by atoms with Gasteiger partial charge in [-0.1, -0.05) is 42.7 Å². The first-order valence-corrected chi connectivity index (χ1v) is 6.41. The topological polar surface area (TPSA) is 0 Å². The second-order valence-corrected chi connectivity index (χ2v) is 4.67. The minimum absolute atomic E-state index is 1.17. The fraction of sp³-hybridized carbons (Fsp3) is 0.500. The largest absolute Gasteiger partial charge is 0.103 e. The first-order chi connectivity index (χ1) is 7.74. The molecule has 0 fully saturated rings. The van der Waals surface area contributed by atoms with Crippen molar-refractivity contribution >= 4 is 0 Å². The SMILES string of the molecule is C=CCCCCCCc1ccc(C)cc1C. The Labute approximate surface area is 100 Å². The van der Waals surface area contributed by atoms with Crippen LogP contribution in [0.4, 0.5) is 0 Å². The average Bonchev–Trinajstić information content (AvgIpc) is 2.26. The third-order valence-corrected chi connectivity index (χ3v) is 3.10. The van der Waals surface area contributed by atoms with Crippen molar-refractivity contribution in [3.63, 3.8) is 0 Å². The first-order valence-electron chi connectivity index (χ1n) is 6.41. The standard InChI is InChI=1S/C16H24/c1-4-5-6-7-8-9-10-16-12-11-14(2)13-15(16)3/h4,11-13H,1,5-10H2,2-3H3. The van der Waals surface area contributed by atoms with Crippen molar-refractivity contribution in [1.29, 1.82) is 0 Å². The van der Waals surface area contributed by atoms with Crippen molar-refractivity contribution < 1.29 is 0 Å². The fourth-order valence-corrected chi connectivity index (χ4v) is 2.08. The predicted molar refractivity (Wildman–Crippen MR) is 72.9 cm³/mol. The van der Waals surface area contributed by atoms with E-state index in [0.29, 0.717) is 0 Å². The lowest BCUT2D eigenvalue weighted by Crippen LogP contribution is -1.91. The maximum atomic E-state index is 3.75. The number of aryl methyl sites for hydroxylation is 3. The maximum Gasteiger partial charge on any atom is -0.0276 e. The summed E-state index contributed by atoms with van der Waals surface area (Å²) in [4.78, 5) is 0. The van der Waals surface area contributed by atoms with Gasteiger partial charge in [0.1, 0.15) is 0 Å². The van der Waals surface area contributed by atoms with Gasteiger partial charge in [-0.05, 0) is 50.7 Å². The maximum absolute atomic E-state index is 3.75. The van der Waals surface area contributed by atoms with Gasteiger partial charge in [-0.2, -0.15) is 0 Å². The van der Waals surface area contributed by atoms with Crippen LogP contribution in [0.25, 0.3) is 0 Å². The highest BCUT2D eigenvalue weighted by atomic mass is 14.0. The lowest BCUT2D eigenvalue weighted by molar-refractivity contribution is 0.645. The Morgan fingerprint density at radius 3 is 2.50 bits per heavy atom. The molecule has 0 radical (unpaired) electrons. The van der Waals surface area contributed by atoms with E-state index in [9.17, 15) is 0 Å². The molecule has 1 aromatic carbocycles. The van der Waals surface area contributed by atoms with Gasteiger partial charge < -0.3 is 0 Å². The second kappa shape index (κ2) is 7.27. The number of hydrogen-bond acceptors (Lipinski definition) is 0. The van der Waals surface area contributed by atoms with E-state index in [-0.39, 0.29) is 0 Å². The smallest absolute Gasteiger partial charge is 0.0276 e. The van der Waals surface area contributed by atoms with Crippen molar-refractivity contribution in [2.75, 3.05) is 0 Å². The zero-order valence-electron chi connectivity index (χ0n) is 10.8. The van der Waals surface area contributed by atoms with Gasteiger partial charge in [0.2, 0.25) is 0 Å². The van der Waals surface area contributed by atoms with Crippen molar-refractivity contribution in [1.82, 2.24) is 0 Å². The molecule has 0 spiro atoms. The van der Waals surface area contributed by atoms with E-state index in [0.717, 1.165) is 0 Å². The van der Waals surface area contributed by atoms with E-state index in [4.69, 9.17) is 0 Å². The highest BCUT2D eigenvalue weighted by molar-refractivity contribution is 5.30. The minimum Gasteiger partial charge on any atom is -0.103 e. The molecule has 88 valence electrons. The zero-order valence-corrected chi connectivity index (χ0v) is 10.8. The molecular formula is C16H24. The first kappa shape index (κ1) is 13.0. The molecule has 0 heteroatoms. The van der Waals surface area contributed by atoms with Crippen LogP contribution in [0.3, 0.4) is 0 Å². The van der Waals surface area contributed by atoms with E-state index in [1.54, 1.807) is 0 Å². The van der Waals surface area contributed by atoms with E-state index in [1.165, 1.54) is 55.2 Å². The highest BCUT2D eigenvalue weighted by Crippen LogP contribution is 2.14. The van der Waals surface area contributed by atoms with Gasteiger partial charge in [0.05, 0.1) is 0 Å². The van der Waals surface area contributed by atoms with Crippen LogP contribution in [0.1, 0.15) is 48.8 Å². The summed E-state index contributed by atoms with van der Waals surface area (Å²) in [6, 6.07) is 6.79. The Bertz CT molecular complexity index is 323. The summed E-state index contributed by atoms with van der Waals surface area (Å²) in [6.45, 7) is 8.13. The molecular weight excluding hydrogens is 192 g/mol. The van der Waals surface area contributed by atoms with Crippen LogP contribution in [0, 0.1) is 13.8 Å². The summed E-state index contributed by atoms with van der Waals surface area (Å²) < 4.78 is 0. The van der Waals surface area contributed by atoms with Crippen LogP contribution >= 0.6 is 0 Å². The van der Waals surface area contributed by atoms with E-state index in [1.807, 2.05) is 6.08 Å². The van der Waals surface area contributed by atoms with Crippen LogP contribution in [0.15, 0.2) is 30.9 Å². The molecule has 0 bridgehead atoms. The molecule has 0 saturated carbocycles. The third kappa shape index (κ3) is 4.65. The van der Waals surface area contributed by atoms with Crippen LogP contribution in [0.5, 0.6) is 0 Å². The summed E-state index contributed by atoms with van der Waals surface area (Å²) in [5.41, 5.74) is 4.34. The molecule has 0 saturated heterocycles. The molecule has 0 aromatic heterocycles. The van der Waals surface area contributed by atoms with Crippen LogP contribution in [0.2, 0.25) is 0 Å². The van der Waals surface area contributed by atoms with Gasteiger partial charge in [0.25, 0.3) is 0 Å². The minimum atomic E-state index is 1.17. The molecule has 1 aromatic rings. The van der Waals surface area contributed by atoms with Gasteiger partial charge >= 0.3 is 0 Å². The zero-order chi connectivity index (χ0) is 11.8. The Hall–Kier alpha value is -1.04. The normalized spacial score (nSPS) is 10.4. The number of benzene rings is 1. The molecule has 0 nitrogen and oxygen atoms in total. The number of unbranched alkanes of at least 4 members (excludes halogenated alkanes) is 4. The monoisotopic (exact) mass is 216 g/mol. The van der Waals surface area contributed by atoms with Crippen LogP contribution in [-0.4, -0.2) is 0 Å². The molecule has 0 amide bonds. The molecule has 0 N–H and O–H groups in total. The van der Waals surface area contributed by atoms with Crippen molar-refractivity contribution in [3.05, 3.63) is 47.5 Å². The van der Waals surface area contributed by atoms with E-state index < -0.39 is 0 Å². The molecule has 16 heavy (non-hydrogen) atoms. The lowest BCUT2D eigenvalue weighted by Gasteiger charge is -2.06. The lowest BCUT2D eigenvalue weighted by atomic mass is 10.00. The molecule has 0 aliphatic heterocycles. The second-order valence-electron chi connectivity index (χ2n) is 4.67. The number of allylic oxidation sites excluding steroid dienone is 1. The van der Waals surface area contributed by atoms with Crippen molar-refractivity contribution in [3.8, 4) is 0 Å². The van der Waals surface area contributed by atoms with Crippen molar-refractivity contribution in [2.45, 2.75) is 52.4 Å². The Kier molecular flexibility index (Phi) is 5.92. The molecule has 0 atom stereocenters. The Morgan fingerprint density at radius 2 is 1.81 bits per heavy atom. The van der Waals surface area contributed by atoms with Crippen molar-refractivity contribution in [2.24, 2.45) is 0 Å². The van der Waals surface area contributed by atoms with Gasteiger partial charge in [-0.3, -0.25) is 0 Å². The van der Waals surface area contributed by atoms with Crippen LogP contribution in [-0.2, 0) is 6.42 Å². The number of rotatable bonds is 7. The fourth-order valence-electron chi connectivity index (χ4n) is 2.08. The summed E-state index contributed by atoms with van der Waals surface area (Å²) in [6.07, 6.45) is 9.74. The molecule has 0 heterocycles. The van der Waals surface area contributed by atoms with E-state index >= 15 is 0 Å². The molecule has 0 unspecified atom stereocenters. The molecule has 1 rings (SSSR count). The van der Waals surface area contributed by atoms with Gasteiger partial charge in [-0.25, -0.2) is 0 Å². The number of hydrogen-bond donors (Lipinski definition) is 0. The van der Waals surface area contributed by atoms with Gasteiger partial charge in [0, 0.05) is 0 Å². The predicted octanol–water partition coefficient (Wildman–Crippen LogP) is 4.98. The van der Waals surface area contributed by atoms with Gasteiger partial charge in [0.15, 0.2) is 0 Å². The summed E-state index contributed by atoms with van der Waals surface area (Å²) in [5, 5.41) is 0. The Morgan fingerprint density at radius 1 is 1.06 bits per heavy atom. The summed E-state index contributed by atoms with van der Waals surface area (Å²) >= 11 is 0. The third-order valence-electron chi connectivity index (χ3n) is 3.10. The van der Waals surface area contributed by atoms with Crippen LogP contribution < -0.4 is 0 Å². The Balaban J connectivity index is 2.24. The summed E-state index contributed by atoms with van der Waals surface area (Å²) in [5.74, 6) is 0. The quantitative estimate of drug-likeness (QED) is 0.445. The van der Waals surface area contributed by atoms with Gasteiger partial charge in [-0.15, -0.1) is 6.58 Å². The van der Waals surface area contributed by atoms with E-state index in [2.05, 4.69) is 38.6 Å². The molecule has 0 aliphatic rings.